The topological polar surface area (TPSA) is 29.1 Å². The Balaban J connectivity index is 2.12. The number of carbonyl (C=O) groups is 1. The van der Waals surface area contributed by atoms with Gasteiger partial charge in [0.1, 0.15) is 5.82 Å². The van der Waals surface area contributed by atoms with Gasteiger partial charge in [0.25, 0.3) is 0 Å². The Kier molecular flexibility index (Phi) is 3.22. The summed E-state index contributed by atoms with van der Waals surface area (Å²) in [7, 11) is 1.65. The first-order chi connectivity index (χ1) is 7.70. The van der Waals surface area contributed by atoms with Crippen LogP contribution in [0.5, 0.6) is 0 Å². The van der Waals surface area contributed by atoms with E-state index >= 15 is 0 Å². The molecule has 1 fully saturated rings. The molecule has 1 unspecified atom stereocenters. The van der Waals surface area contributed by atoms with Crippen LogP contribution in [-0.4, -0.2) is 13.0 Å². The van der Waals surface area contributed by atoms with Gasteiger partial charge in [-0.1, -0.05) is 12.1 Å². The van der Waals surface area contributed by atoms with Crippen molar-refractivity contribution in [1.82, 2.24) is 5.32 Å². The molecular weight excluding hydrogens is 205 g/mol. The molecule has 1 saturated carbocycles. The fourth-order valence-electron chi connectivity index (χ4n) is 2.07. The van der Waals surface area contributed by atoms with Crippen molar-refractivity contribution in [2.75, 3.05) is 7.05 Å². The fourth-order valence-corrected chi connectivity index (χ4v) is 2.07. The van der Waals surface area contributed by atoms with Crippen molar-refractivity contribution in [2.24, 2.45) is 5.92 Å². The summed E-state index contributed by atoms with van der Waals surface area (Å²) in [6, 6.07) is 6.52. The summed E-state index contributed by atoms with van der Waals surface area (Å²) in [5, 5.41) is 2.65. The first kappa shape index (κ1) is 11.1. The summed E-state index contributed by atoms with van der Waals surface area (Å²) in [5.74, 6) is 0.683. The summed E-state index contributed by atoms with van der Waals surface area (Å²) in [6.07, 6.45) is 2.87. The van der Waals surface area contributed by atoms with E-state index in [0.29, 0.717) is 12.3 Å². The van der Waals surface area contributed by atoms with E-state index in [-0.39, 0.29) is 17.6 Å². The van der Waals surface area contributed by atoms with Crippen LogP contribution in [0, 0.1) is 11.7 Å². The highest BCUT2D eigenvalue weighted by atomic mass is 19.1. The minimum Gasteiger partial charge on any atom is -0.359 e. The quantitative estimate of drug-likeness (QED) is 0.831. The molecule has 2 rings (SSSR count). The standard InChI is InChI=1S/C13H16FNO/c1-15-13(16)8-12(9-2-3-9)10-4-6-11(14)7-5-10/h4-7,9,12H,2-3,8H2,1H3,(H,15,16). The van der Waals surface area contributed by atoms with Crippen molar-refractivity contribution in [2.45, 2.75) is 25.2 Å². The molecule has 0 saturated heterocycles. The Morgan fingerprint density at radius 1 is 1.44 bits per heavy atom. The van der Waals surface area contributed by atoms with E-state index in [9.17, 15) is 9.18 Å². The maximum atomic E-state index is 12.8. The lowest BCUT2D eigenvalue weighted by Gasteiger charge is -2.15. The molecule has 1 aromatic carbocycles. The van der Waals surface area contributed by atoms with Gasteiger partial charge in [0.05, 0.1) is 0 Å². The van der Waals surface area contributed by atoms with Crippen LogP contribution in [0.4, 0.5) is 4.39 Å². The summed E-state index contributed by atoms with van der Waals surface area (Å²) < 4.78 is 12.8. The zero-order valence-corrected chi connectivity index (χ0v) is 9.37. The van der Waals surface area contributed by atoms with Gasteiger partial charge in [0.2, 0.25) is 5.91 Å². The van der Waals surface area contributed by atoms with Crippen LogP contribution in [-0.2, 0) is 4.79 Å². The van der Waals surface area contributed by atoms with E-state index < -0.39 is 0 Å². The van der Waals surface area contributed by atoms with Gasteiger partial charge in [-0.2, -0.15) is 0 Å². The number of benzene rings is 1. The van der Waals surface area contributed by atoms with Crippen LogP contribution in [0.15, 0.2) is 24.3 Å². The highest BCUT2D eigenvalue weighted by molar-refractivity contribution is 5.76. The number of carbonyl (C=O) groups excluding carboxylic acids is 1. The molecule has 0 bridgehead atoms. The maximum Gasteiger partial charge on any atom is 0.220 e. The molecule has 0 aromatic heterocycles. The van der Waals surface area contributed by atoms with Gasteiger partial charge in [-0.15, -0.1) is 0 Å². The smallest absolute Gasteiger partial charge is 0.220 e. The van der Waals surface area contributed by atoms with Gasteiger partial charge in [-0.3, -0.25) is 4.79 Å². The van der Waals surface area contributed by atoms with Gasteiger partial charge in [0.15, 0.2) is 0 Å². The Hall–Kier alpha value is -1.38. The molecule has 0 radical (unpaired) electrons. The number of nitrogens with one attached hydrogen (secondary N) is 1. The molecule has 3 heteroatoms. The number of halogens is 1. The first-order valence-electron chi connectivity index (χ1n) is 5.66. The summed E-state index contributed by atoms with van der Waals surface area (Å²) in [6.45, 7) is 0. The van der Waals surface area contributed by atoms with Crippen LogP contribution in [0.3, 0.4) is 0 Å². The van der Waals surface area contributed by atoms with Crippen molar-refractivity contribution < 1.29 is 9.18 Å². The summed E-state index contributed by atoms with van der Waals surface area (Å²) >= 11 is 0. The van der Waals surface area contributed by atoms with Crippen LogP contribution in [0.25, 0.3) is 0 Å². The Morgan fingerprint density at radius 2 is 2.06 bits per heavy atom. The predicted octanol–water partition coefficient (Wildman–Crippen LogP) is 2.46. The molecule has 1 amide bonds. The lowest BCUT2D eigenvalue weighted by atomic mass is 9.91. The maximum absolute atomic E-state index is 12.8. The summed E-state index contributed by atoms with van der Waals surface area (Å²) in [5.41, 5.74) is 1.08. The molecule has 86 valence electrons. The third kappa shape index (κ3) is 2.60. The number of amides is 1. The minimum atomic E-state index is -0.224. The zero-order valence-electron chi connectivity index (χ0n) is 9.37. The highest BCUT2D eigenvalue weighted by Gasteiger charge is 2.33. The average Bonchev–Trinajstić information content (AvgIpc) is 3.11. The van der Waals surface area contributed by atoms with E-state index in [1.165, 1.54) is 25.0 Å². The van der Waals surface area contributed by atoms with Gasteiger partial charge < -0.3 is 5.32 Å². The van der Waals surface area contributed by atoms with E-state index in [4.69, 9.17) is 0 Å². The van der Waals surface area contributed by atoms with Gasteiger partial charge in [0, 0.05) is 13.5 Å². The molecular formula is C13H16FNO. The van der Waals surface area contributed by atoms with E-state index in [1.807, 2.05) is 0 Å². The summed E-state index contributed by atoms with van der Waals surface area (Å²) in [4.78, 5) is 11.4. The third-order valence-corrected chi connectivity index (χ3v) is 3.17. The average molecular weight is 221 g/mol. The Bertz CT molecular complexity index is 370. The SMILES string of the molecule is CNC(=O)CC(c1ccc(F)cc1)C1CC1. The lowest BCUT2D eigenvalue weighted by molar-refractivity contribution is -0.121. The molecule has 0 heterocycles. The van der Waals surface area contributed by atoms with Crippen LogP contribution >= 0.6 is 0 Å². The second-order valence-corrected chi connectivity index (χ2v) is 4.37. The molecule has 1 aliphatic rings. The van der Waals surface area contributed by atoms with Crippen LogP contribution in [0.1, 0.15) is 30.7 Å². The number of hydrogen-bond donors (Lipinski definition) is 1. The third-order valence-electron chi connectivity index (χ3n) is 3.17. The fraction of sp³-hybridized carbons (Fsp3) is 0.462. The van der Waals surface area contributed by atoms with Crippen molar-refractivity contribution in [3.05, 3.63) is 35.6 Å². The van der Waals surface area contributed by atoms with Gasteiger partial charge in [-0.05, 0) is 42.4 Å². The van der Waals surface area contributed by atoms with Crippen molar-refractivity contribution in [3.63, 3.8) is 0 Å². The van der Waals surface area contributed by atoms with Crippen molar-refractivity contribution >= 4 is 5.91 Å². The minimum absolute atomic E-state index is 0.0567. The molecule has 1 aliphatic carbocycles. The van der Waals surface area contributed by atoms with Crippen LogP contribution < -0.4 is 5.32 Å². The Labute approximate surface area is 94.9 Å². The first-order valence-corrected chi connectivity index (χ1v) is 5.66. The van der Waals surface area contributed by atoms with E-state index in [1.54, 1.807) is 19.2 Å². The lowest BCUT2D eigenvalue weighted by Crippen LogP contribution is -2.21. The Morgan fingerprint density at radius 3 is 2.56 bits per heavy atom. The molecule has 2 nitrogen and oxygen atoms in total. The number of hydrogen-bond acceptors (Lipinski definition) is 1. The van der Waals surface area contributed by atoms with Crippen LogP contribution in [0.2, 0.25) is 0 Å². The van der Waals surface area contributed by atoms with Crippen molar-refractivity contribution in [1.29, 1.82) is 0 Å². The predicted molar refractivity (Wildman–Crippen MR) is 60.5 cm³/mol. The molecule has 0 spiro atoms. The van der Waals surface area contributed by atoms with E-state index in [0.717, 1.165) is 5.56 Å². The molecule has 1 atom stereocenters. The molecule has 1 aromatic rings. The molecule has 0 aliphatic heterocycles. The molecule has 1 N–H and O–H groups in total. The second-order valence-electron chi connectivity index (χ2n) is 4.37. The van der Waals surface area contributed by atoms with E-state index in [2.05, 4.69) is 5.32 Å². The number of rotatable bonds is 4. The zero-order chi connectivity index (χ0) is 11.5. The largest absolute Gasteiger partial charge is 0.359 e. The van der Waals surface area contributed by atoms with Crippen molar-refractivity contribution in [3.8, 4) is 0 Å². The second kappa shape index (κ2) is 4.64. The molecule has 16 heavy (non-hydrogen) atoms. The monoisotopic (exact) mass is 221 g/mol. The van der Waals surface area contributed by atoms with Gasteiger partial charge in [-0.25, -0.2) is 4.39 Å². The highest BCUT2D eigenvalue weighted by Crippen LogP contribution is 2.44. The normalized spacial score (nSPS) is 16.9. The van der Waals surface area contributed by atoms with Gasteiger partial charge >= 0.3 is 0 Å².